The number of hydrogen-bond acceptors (Lipinski definition) is 5. The zero-order chi connectivity index (χ0) is 15.6. The molecule has 3 heterocycles. The second-order valence-corrected chi connectivity index (χ2v) is 5.15. The molecule has 3 aromatic rings. The van der Waals surface area contributed by atoms with Crippen molar-refractivity contribution in [3.63, 3.8) is 0 Å². The number of rotatable bonds is 3. The van der Waals surface area contributed by atoms with Crippen molar-refractivity contribution >= 4 is 11.6 Å². The van der Waals surface area contributed by atoms with Crippen LogP contribution in [0.1, 0.15) is 5.56 Å². The van der Waals surface area contributed by atoms with Crippen LogP contribution in [0.3, 0.4) is 0 Å². The van der Waals surface area contributed by atoms with Gasteiger partial charge in [-0.3, -0.25) is 4.79 Å². The number of hydrogen-bond donors (Lipinski definition) is 1. The Morgan fingerprint density at radius 2 is 2.17 bits per heavy atom. The fourth-order valence-corrected chi connectivity index (χ4v) is 2.47. The van der Waals surface area contributed by atoms with Gasteiger partial charge in [-0.05, 0) is 23.8 Å². The highest BCUT2D eigenvalue weighted by Crippen LogP contribution is 2.28. The number of aromatic nitrogens is 4. The fraction of sp³-hybridized carbons (Fsp3) is 0.125. The Bertz CT molecular complexity index is 805. The van der Waals surface area contributed by atoms with Crippen molar-refractivity contribution in [1.29, 1.82) is 0 Å². The van der Waals surface area contributed by atoms with Crippen LogP contribution >= 0.6 is 0 Å². The van der Waals surface area contributed by atoms with E-state index in [9.17, 15) is 4.79 Å². The van der Waals surface area contributed by atoms with E-state index in [0.717, 1.165) is 11.3 Å². The molecule has 7 heteroatoms. The molecule has 0 radical (unpaired) electrons. The first kappa shape index (κ1) is 13.4. The van der Waals surface area contributed by atoms with E-state index in [1.165, 1.54) is 6.33 Å². The Morgan fingerprint density at radius 3 is 2.91 bits per heavy atom. The lowest BCUT2D eigenvalue weighted by molar-refractivity contribution is -0.122. The van der Waals surface area contributed by atoms with Gasteiger partial charge in [0.2, 0.25) is 0 Å². The van der Waals surface area contributed by atoms with Crippen LogP contribution < -0.4 is 10.1 Å². The van der Waals surface area contributed by atoms with Crippen molar-refractivity contribution in [2.24, 2.45) is 0 Å². The highest BCUT2D eigenvalue weighted by molar-refractivity contribution is 5.95. The van der Waals surface area contributed by atoms with Gasteiger partial charge in [0, 0.05) is 6.42 Å². The van der Waals surface area contributed by atoms with Crippen LogP contribution in [-0.2, 0) is 11.2 Å². The van der Waals surface area contributed by atoms with Crippen molar-refractivity contribution < 1.29 is 9.53 Å². The van der Waals surface area contributed by atoms with Gasteiger partial charge in [0.1, 0.15) is 18.4 Å². The van der Waals surface area contributed by atoms with Crippen LogP contribution in [0.15, 0.2) is 55.2 Å². The number of nitrogens with one attached hydrogen (secondary N) is 1. The lowest BCUT2D eigenvalue weighted by Crippen LogP contribution is -2.31. The molecule has 1 aromatic carbocycles. The first-order valence-electron chi connectivity index (χ1n) is 7.16. The summed E-state index contributed by atoms with van der Waals surface area (Å²) >= 11 is 0. The van der Waals surface area contributed by atoms with Crippen molar-refractivity contribution in [2.75, 3.05) is 5.32 Å². The minimum atomic E-state index is -0.512. The molecule has 0 saturated heterocycles. The van der Waals surface area contributed by atoms with Crippen molar-refractivity contribution in [3.05, 3.63) is 60.8 Å². The molecule has 1 amide bonds. The van der Waals surface area contributed by atoms with Gasteiger partial charge < -0.3 is 10.1 Å². The molecule has 0 fully saturated rings. The van der Waals surface area contributed by atoms with E-state index >= 15 is 0 Å². The molecule has 0 unspecified atom stereocenters. The molecule has 7 nitrogen and oxygen atoms in total. The second-order valence-electron chi connectivity index (χ2n) is 5.15. The minimum absolute atomic E-state index is 0.184. The molecule has 2 aromatic heterocycles. The summed E-state index contributed by atoms with van der Waals surface area (Å²) in [6, 6.07) is 11.2. The van der Waals surface area contributed by atoms with Crippen molar-refractivity contribution in [3.8, 4) is 11.6 Å². The summed E-state index contributed by atoms with van der Waals surface area (Å²) in [5, 5.41) is 6.82. The third kappa shape index (κ3) is 2.64. The number of fused-ring (bicyclic) bond motifs is 1. The van der Waals surface area contributed by atoms with Crippen LogP contribution in [0.25, 0.3) is 5.82 Å². The number of benzene rings is 1. The highest BCUT2D eigenvalue weighted by atomic mass is 16.5. The Labute approximate surface area is 132 Å². The minimum Gasteiger partial charge on any atom is -0.480 e. The maximum absolute atomic E-state index is 12.3. The summed E-state index contributed by atoms with van der Waals surface area (Å²) in [6.45, 7) is 0. The third-order valence-electron chi connectivity index (χ3n) is 3.61. The lowest BCUT2D eigenvalue weighted by atomic mass is 10.1. The molecule has 0 aliphatic carbocycles. The second kappa shape index (κ2) is 5.53. The average molecular weight is 307 g/mol. The molecule has 4 rings (SSSR count). The topological polar surface area (TPSA) is 81.9 Å². The summed E-state index contributed by atoms with van der Waals surface area (Å²) in [6.07, 6.45) is 4.64. The van der Waals surface area contributed by atoms with Crippen molar-refractivity contribution in [2.45, 2.75) is 12.5 Å². The van der Waals surface area contributed by atoms with Gasteiger partial charge in [-0.1, -0.05) is 18.2 Å². The van der Waals surface area contributed by atoms with Gasteiger partial charge >= 0.3 is 0 Å². The van der Waals surface area contributed by atoms with Gasteiger partial charge in [-0.25, -0.2) is 14.6 Å². The molecule has 0 spiro atoms. The van der Waals surface area contributed by atoms with E-state index in [0.29, 0.717) is 17.9 Å². The molecular weight excluding hydrogens is 294 g/mol. The molecule has 23 heavy (non-hydrogen) atoms. The molecule has 0 bridgehead atoms. The highest BCUT2D eigenvalue weighted by Gasteiger charge is 2.28. The maximum Gasteiger partial charge on any atom is 0.265 e. The van der Waals surface area contributed by atoms with Gasteiger partial charge in [-0.15, -0.1) is 0 Å². The molecule has 0 saturated carbocycles. The Kier molecular flexibility index (Phi) is 3.23. The van der Waals surface area contributed by atoms with Gasteiger partial charge in [0.15, 0.2) is 11.9 Å². The zero-order valence-electron chi connectivity index (χ0n) is 12.1. The number of pyridine rings is 1. The van der Waals surface area contributed by atoms with Crippen LogP contribution in [-0.4, -0.2) is 31.8 Å². The van der Waals surface area contributed by atoms with Crippen LogP contribution in [0, 0.1) is 0 Å². The first-order valence-corrected chi connectivity index (χ1v) is 7.16. The summed E-state index contributed by atoms with van der Waals surface area (Å²) in [5.74, 6) is 1.22. The van der Waals surface area contributed by atoms with Crippen LogP contribution in [0.2, 0.25) is 0 Å². The molecule has 1 aliphatic heterocycles. The third-order valence-corrected chi connectivity index (χ3v) is 3.61. The van der Waals surface area contributed by atoms with Crippen LogP contribution in [0.4, 0.5) is 5.69 Å². The molecule has 1 atom stereocenters. The largest absolute Gasteiger partial charge is 0.480 e. The van der Waals surface area contributed by atoms with E-state index in [1.807, 2.05) is 24.3 Å². The first-order chi connectivity index (χ1) is 11.3. The van der Waals surface area contributed by atoms with E-state index in [-0.39, 0.29) is 5.91 Å². The normalized spacial score (nSPS) is 15.7. The predicted molar refractivity (Wildman–Crippen MR) is 82.3 cm³/mol. The molecule has 1 aliphatic rings. The molecular formula is C16H13N5O2. The standard InChI is InChI=1S/C16H13N5O2/c22-16(14-7-11-3-1-2-4-13(11)23-14)20-12-5-6-15(18-8-12)21-10-17-9-19-21/h1-6,8-10,14H,7H2,(H,20,22)/t14-/m1/s1. The Hall–Kier alpha value is -3.22. The van der Waals surface area contributed by atoms with E-state index in [2.05, 4.69) is 20.4 Å². The number of para-hydroxylation sites is 1. The number of amides is 1. The molecule has 1 N–H and O–H groups in total. The van der Waals surface area contributed by atoms with Crippen molar-refractivity contribution in [1.82, 2.24) is 19.7 Å². The summed E-state index contributed by atoms with van der Waals surface area (Å²) in [7, 11) is 0. The van der Waals surface area contributed by atoms with E-state index in [4.69, 9.17) is 4.74 Å². The average Bonchev–Trinajstić information content (AvgIpc) is 3.25. The van der Waals surface area contributed by atoms with Gasteiger partial charge in [-0.2, -0.15) is 5.10 Å². The number of anilines is 1. The predicted octanol–water partition coefficient (Wildman–Crippen LogP) is 1.60. The smallest absolute Gasteiger partial charge is 0.265 e. The summed E-state index contributed by atoms with van der Waals surface area (Å²) < 4.78 is 7.21. The lowest BCUT2D eigenvalue weighted by Gasteiger charge is -2.11. The number of ether oxygens (including phenoxy) is 1. The fourth-order valence-electron chi connectivity index (χ4n) is 2.47. The number of carbonyl (C=O) groups excluding carboxylic acids is 1. The van der Waals surface area contributed by atoms with Gasteiger partial charge in [0.25, 0.3) is 5.91 Å². The zero-order valence-corrected chi connectivity index (χ0v) is 12.1. The number of carbonyl (C=O) groups is 1. The maximum atomic E-state index is 12.3. The SMILES string of the molecule is O=C(Nc1ccc(-n2cncn2)nc1)[C@H]1Cc2ccccc2O1. The van der Waals surface area contributed by atoms with Gasteiger partial charge in [0.05, 0.1) is 11.9 Å². The Morgan fingerprint density at radius 1 is 1.26 bits per heavy atom. The van der Waals surface area contributed by atoms with E-state index < -0.39 is 6.10 Å². The summed E-state index contributed by atoms with van der Waals surface area (Å²) in [4.78, 5) is 20.4. The number of nitrogens with zero attached hydrogens (tertiary/aromatic N) is 4. The van der Waals surface area contributed by atoms with Crippen LogP contribution in [0.5, 0.6) is 5.75 Å². The summed E-state index contributed by atoms with van der Waals surface area (Å²) in [5.41, 5.74) is 1.66. The molecule has 114 valence electrons. The monoisotopic (exact) mass is 307 g/mol. The quantitative estimate of drug-likeness (QED) is 0.795. The Balaban J connectivity index is 1.44. The van der Waals surface area contributed by atoms with E-state index in [1.54, 1.807) is 29.3 Å².